The number of aromatic nitrogens is 3. The van der Waals surface area contributed by atoms with E-state index in [1.54, 1.807) is 24.5 Å². The Balaban J connectivity index is 1.61. The molecule has 0 saturated carbocycles. The number of rotatable bonds is 5. The van der Waals surface area contributed by atoms with Gasteiger partial charge in [0.25, 0.3) is 0 Å². The molecule has 4 rings (SSSR count). The molecule has 0 radical (unpaired) electrons. The first-order chi connectivity index (χ1) is 14.5. The Bertz CT molecular complexity index is 1070. The van der Waals surface area contributed by atoms with Crippen molar-refractivity contribution in [3.63, 3.8) is 0 Å². The Morgan fingerprint density at radius 1 is 1.17 bits per heavy atom. The highest BCUT2D eigenvalue weighted by molar-refractivity contribution is 6.01. The number of pyridine rings is 3. The van der Waals surface area contributed by atoms with E-state index in [0.29, 0.717) is 17.1 Å². The van der Waals surface area contributed by atoms with Gasteiger partial charge in [-0.1, -0.05) is 6.07 Å². The number of carbonyl (C=O) groups excluding carboxylic acids is 1. The number of nitrogens with two attached hydrogens (primary N) is 2. The molecule has 4 N–H and O–H groups in total. The predicted molar refractivity (Wildman–Crippen MR) is 118 cm³/mol. The molecule has 1 atom stereocenters. The fraction of sp³-hybridized carbons (Fsp3) is 0.304. The normalized spacial score (nSPS) is 16.5. The molecule has 3 aromatic heterocycles. The number of hydrogen-bond donors (Lipinski definition) is 2. The average Bonchev–Trinajstić information content (AvgIpc) is 2.74. The van der Waals surface area contributed by atoms with Crippen LogP contribution < -0.4 is 16.4 Å². The number of piperidine rings is 1. The zero-order chi connectivity index (χ0) is 21.1. The number of Topliss-reactive ketones (excluding diaryl/α,β-unsaturated/α-hetero) is 1. The van der Waals surface area contributed by atoms with Crippen LogP contribution in [-0.4, -0.2) is 39.9 Å². The van der Waals surface area contributed by atoms with E-state index in [2.05, 4.69) is 19.9 Å². The van der Waals surface area contributed by atoms with Gasteiger partial charge in [-0.25, -0.2) is 4.98 Å². The largest absolute Gasteiger partial charge is 0.397 e. The minimum atomic E-state index is -0.141. The van der Waals surface area contributed by atoms with Crippen LogP contribution in [0.1, 0.15) is 34.6 Å². The van der Waals surface area contributed by atoms with Crippen molar-refractivity contribution in [2.24, 2.45) is 5.73 Å². The topological polar surface area (TPSA) is 111 Å². The highest BCUT2D eigenvalue weighted by atomic mass is 16.1. The maximum absolute atomic E-state index is 13.2. The number of nitrogen functional groups attached to an aromatic ring is 1. The van der Waals surface area contributed by atoms with Gasteiger partial charge in [0.15, 0.2) is 5.78 Å². The Morgan fingerprint density at radius 2 is 2.00 bits per heavy atom. The number of nitrogens with zero attached hydrogens (tertiary/aromatic N) is 4. The van der Waals surface area contributed by atoms with E-state index in [0.717, 1.165) is 42.9 Å². The molecule has 1 aliphatic rings. The molecule has 3 aromatic rings. The first-order valence-corrected chi connectivity index (χ1v) is 10.2. The molecule has 4 heterocycles. The molecule has 154 valence electrons. The van der Waals surface area contributed by atoms with E-state index in [1.165, 1.54) is 0 Å². The van der Waals surface area contributed by atoms with Crippen molar-refractivity contribution in [1.29, 1.82) is 0 Å². The summed E-state index contributed by atoms with van der Waals surface area (Å²) >= 11 is 0. The van der Waals surface area contributed by atoms with Gasteiger partial charge in [-0.15, -0.1) is 0 Å². The van der Waals surface area contributed by atoms with Crippen LogP contribution in [0.15, 0.2) is 48.8 Å². The molecule has 0 spiro atoms. The molecule has 1 saturated heterocycles. The zero-order valence-electron chi connectivity index (χ0n) is 17.1. The summed E-state index contributed by atoms with van der Waals surface area (Å²) in [6.45, 7) is 3.62. The van der Waals surface area contributed by atoms with E-state index in [-0.39, 0.29) is 23.9 Å². The van der Waals surface area contributed by atoms with Crippen LogP contribution in [0.5, 0.6) is 0 Å². The lowest BCUT2D eigenvalue weighted by Crippen LogP contribution is -2.43. The number of aryl methyl sites for hydroxylation is 1. The molecule has 0 aromatic carbocycles. The quantitative estimate of drug-likeness (QED) is 0.631. The highest BCUT2D eigenvalue weighted by Crippen LogP contribution is 2.26. The number of hydrogen-bond acceptors (Lipinski definition) is 7. The number of anilines is 2. The van der Waals surface area contributed by atoms with Crippen molar-refractivity contribution >= 4 is 17.2 Å². The van der Waals surface area contributed by atoms with E-state index in [4.69, 9.17) is 11.5 Å². The van der Waals surface area contributed by atoms with Crippen molar-refractivity contribution in [2.45, 2.75) is 32.2 Å². The van der Waals surface area contributed by atoms with E-state index in [1.807, 2.05) is 31.2 Å². The Hall–Kier alpha value is -3.32. The second-order valence-electron chi connectivity index (χ2n) is 7.75. The van der Waals surface area contributed by atoms with E-state index < -0.39 is 0 Å². The maximum atomic E-state index is 13.2. The smallest absolute Gasteiger partial charge is 0.187 e. The van der Waals surface area contributed by atoms with Crippen molar-refractivity contribution < 1.29 is 4.79 Å². The van der Waals surface area contributed by atoms with Gasteiger partial charge in [-0.05, 0) is 50.1 Å². The molecular weight excluding hydrogens is 376 g/mol. The predicted octanol–water partition coefficient (Wildman–Crippen LogP) is 2.78. The lowest BCUT2D eigenvalue weighted by Gasteiger charge is -2.33. The molecule has 1 fully saturated rings. The number of ketones is 1. The van der Waals surface area contributed by atoms with Gasteiger partial charge >= 0.3 is 0 Å². The van der Waals surface area contributed by atoms with Gasteiger partial charge in [0.05, 0.1) is 17.1 Å². The van der Waals surface area contributed by atoms with Crippen LogP contribution in [0.4, 0.5) is 11.4 Å². The summed E-state index contributed by atoms with van der Waals surface area (Å²) in [4.78, 5) is 28.7. The Kier molecular flexibility index (Phi) is 5.72. The molecule has 7 nitrogen and oxygen atoms in total. The summed E-state index contributed by atoms with van der Waals surface area (Å²) in [7, 11) is 0. The SMILES string of the molecule is Cc1cccc(-c2ccc(N)c(C(=O)Cc3cnccc3N3CCC[C@H](N)C3)n2)n1. The van der Waals surface area contributed by atoms with Crippen LogP contribution in [0, 0.1) is 6.92 Å². The summed E-state index contributed by atoms with van der Waals surface area (Å²) in [6, 6.07) is 11.3. The lowest BCUT2D eigenvalue weighted by molar-refractivity contribution is 0.0989. The maximum Gasteiger partial charge on any atom is 0.187 e. The van der Waals surface area contributed by atoms with Gasteiger partial charge in [0, 0.05) is 54.9 Å². The summed E-state index contributed by atoms with van der Waals surface area (Å²) in [5.74, 6) is -0.141. The number of carbonyl (C=O) groups is 1. The van der Waals surface area contributed by atoms with Crippen LogP contribution in [0.2, 0.25) is 0 Å². The van der Waals surface area contributed by atoms with Gasteiger partial charge in [0.1, 0.15) is 5.69 Å². The molecule has 0 aliphatic carbocycles. The third kappa shape index (κ3) is 4.31. The summed E-state index contributed by atoms with van der Waals surface area (Å²) in [5.41, 5.74) is 17.0. The molecule has 7 heteroatoms. The van der Waals surface area contributed by atoms with Crippen molar-refractivity contribution in [2.75, 3.05) is 23.7 Å². The van der Waals surface area contributed by atoms with Crippen molar-refractivity contribution in [1.82, 2.24) is 15.0 Å². The second-order valence-corrected chi connectivity index (χ2v) is 7.75. The second kappa shape index (κ2) is 8.59. The minimum absolute atomic E-state index is 0.141. The summed E-state index contributed by atoms with van der Waals surface area (Å²) in [6.07, 6.45) is 5.74. The standard InChI is InChI=1S/C23H26N6O/c1-15-4-2-6-19(27-15)20-8-7-18(25)23(28-20)22(30)12-16-13-26-10-9-21(16)29-11-3-5-17(24)14-29/h2,4,6-10,13,17H,3,5,11-12,14,24-25H2,1H3/t17-/m0/s1. The molecule has 0 amide bonds. The Labute approximate surface area is 176 Å². The molecule has 0 bridgehead atoms. The van der Waals surface area contributed by atoms with Crippen molar-refractivity contribution in [3.05, 3.63) is 65.7 Å². The van der Waals surface area contributed by atoms with Gasteiger partial charge in [0.2, 0.25) is 0 Å². The van der Waals surface area contributed by atoms with Crippen LogP contribution >= 0.6 is 0 Å². The Morgan fingerprint density at radius 3 is 2.80 bits per heavy atom. The first-order valence-electron chi connectivity index (χ1n) is 10.2. The summed E-state index contributed by atoms with van der Waals surface area (Å²) < 4.78 is 0. The molecule has 0 unspecified atom stereocenters. The van der Waals surface area contributed by atoms with Crippen LogP contribution in [0.3, 0.4) is 0 Å². The fourth-order valence-electron chi connectivity index (χ4n) is 3.87. The van der Waals surface area contributed by atoms with Crippen molar-refractivity contribution in [3.8, 4) is 11.4 Å². The van der Waals surface area contributed by atoms with Gasteiger partial charge < -0.3 is 16.4 Å². The lowest BCUT2D eigenvalue weighted by atomic mass is 10.0. The third-order valence-corrected chi connectivity index (χ3v) is 5.37. The molecular formula is C23H26N6O. The zero-order valence-corrected chi connectivity index (χ0v) is 17.1. The summed E-state index contributed by atoms with van der Waals surface area (Å²) in [5, 5.41) is 0. The minimum Gasteiger partial charge on any atom is -0.397 e. The van der Waals surface area contributed by atoms with E-state index >= 15 is 0 Å². The molecule has 30 heavy (non-hydrogen) atoms. The molecule has 1 aliphatic heterocycles. The van der Waals surface area contributed by atoms with Gasteiger partial charge in [-0.3, -0.25) is 14.8 Å². The first kappa shape index (κ1) is 20.0. The van der Waals surface area contributed by atoms with Crippen LogP contribution in [0.25, 0.3) is 11.4 Å². The van der Waals surface area contributed by atoms with Gasteiger partial charge in [-0.2, -0.15) is 0 Å². The van der Waals surface area contributed by atoms with Crippen LogP contribution in [-0.2, 0) is 6.42 Å². The monoisotopic (exact) mass is 402 g/mol. The third-order valence-electron chi connectivity index (χ3n) is 5.37. The average molecular weight is 403 g/mol. The highest BCUT2D eigenvalue weighted by Gasteiger charge is 2.22. The fourth-order valence-corrected chi connectivity index (χ4v) is 3.87. The van der Waals surface area contributed by atoms with E-state index in [9.17, 15) is 4.79 Å².